The number of pyridine rings is 1. The first-order chi connectivity index (χ1) is 6.84. The zero-order chi connectivity index (χ0) is 9.54. The summed E-state index contributed by atoms with van der Waals surface area (Å²) in [6.07, 6.45) is 2.07. The maximum Gasteiger partial charge on any atom is 0.138 e. The third-order valence-electron chi connectivity index (χ3n) is 2.47. The number of aryl methyl sites for hydroxylation is 1. The first kappa shape index (κ1) is 7.56. The van der Waals surface area contributed by atoms with Crippen LogP contribution in [0.15, 0.2) is 42.6 Å². The third-order valence-corrected chi connectivity index (χ3v) is 2.47. The average molecular weight is 182 g/mol. The number of aromatic nitrogens is 2. The molecule has 0 aliphatic carbocycles. The molecule has 0 saturated heterocycles. The maximum absolute atomic E-state index is 4.54. The summed E-state index contributed by atoms with van der Waals surface area (Å²) in [5, 5.41) is 0. The molecule has 1 aromatic carbocycles. The highest BCUT2D eigenvalue weighted by Crippen LogP contribution is 2.16. The van der Waals surface area contributed by atoms with Gasteiger partial charge in [0.05, 0.1) is 11.0 Å². The Hall–Kier alpha value is -1.83. The Balaban J connectivity index is 2.57. The molecular formula is C12H10N2. The number of hydrogen-bond acceptors (Lipinski definition) is 1. The molecule has 14 heavy (non-hydrogen) atoms. The van der Waals surface area contributed by atoms with Crippen molar-refractivity contribution in [2.24, 2.45) is 0 Å². The van der Waals surface area contributed by atoms with Crippen LogP contribution in [0, 0.1) is 6.92 Å². The van der Waals surface area contributed by atoms with Crippen molar-refractivity contribution in [1.29, 1.82) is 0 Å². The Labute approximate surface area is 81.8 Å². The molecule has 2 nitrogen and oxygen atoms in total. The Bertz CT molecular complexity index is 608. The molecule has 68 valence electrons. The SMILES string of the molecule is Cc1ccn2c(c1)nc1ccccc12. The maximum atomic E-state index is 4.54. The molecule has 0 amide bonds. The van der Waals surface area contributed by atoms with Crippen LogP contribution in [0.25, 0.3) is 16.7 Å². The van der Waals surface area contributed by atoms with Gasteiger partial charge in [0.15, 0.2) is 0 Å². The van der Waals surface area contributed by atoms with E-state index in [1.54, 1.807) is 0 Å². The summed E-state index contributed by atoms with van der Waals surface area (Å²) >= 11 is 0. The Morgan fingerprint density at radius 1 is 1.14 bits per heavy atom. The number of benzene rings is 1. The van der Waals surface area contributed by atoms with Crippen LogP contribution in [-0.4, -0.2) is 9.38 Å². The van der Waals surface area contributed by atoms with E-state index in [-0.39, 0.29) is 0 Å². The van der Waals surface area contributed by atoms with E-state index in [1.165, 1.54) is 11.1 Å². The van der Waals surface area contributed by atoms with E-state index >= 15 is 0 Å². The highest BCUT2D eigenvalue weighted by molar-refractivity contribution is 5.80. The summed E-state index contributed by atoms with van der Waals surface area (Å²) in [5.74, 6) is 0. The molecule has 0 unspecified atom stereocenters. The van der Waals surface area contributed by atoms with Crippen molar-refractivity contribution in [2.45, 2.75) is 6.92 Å². The van der Waals surface area contributed by atoms with Gasteiger partial charge >= 0.3 is 0 Å². The molecule has 3 aromatic rings. The molecule has 0 spiro atoms. The first-order valence-corrected chi connectivity index (χ1v) is 4.68. The van der Waals surface area contributed by atoms with Crippen LogP contribution < -0.4 is 0 Å². The van der Waals surface area contributed by atoms with Crippen molar-refractivity contribution in [2.75, 3.05) is 0 Å². The van der Waals surface area contributed by atoms with Crippen molar-refractivity contribution < 1.29 is 0 Å². The molecular weight excluding hydrogens is 172 g/mol. The van der Waals surface area contributed by atoms with Crippen LogP contribution >= 0.6 is 0 Å². The summed E-state index contributed by atoms with van der Waals surface area (Å²) in [7, 11) is 0. The Morgan fingerprint density at radius 2 is 2.00 bits per heavy atom. The summed E-state index contributed by atoms with van der Waals surface area (Å²) in [6.45, 7) is 2.08. The number of hydrogen-bond donors (Lipinski definition) is 0. The first-order valence-electron chi connectivity index (χ1n) is 4.68. The fourth-order valence-electron chi connectivity index (χ4n) is 1.77. The van der Waals surface area contributed by atoms with Crippen molar-refractivity contribution in [3.05, 3.63) is 48.2 Å². The van der Waals surface area contributed by atoms with Crippen LogP contribution in [0.2, 0.25) is 0 Å². The van der Waals surface area contributed by atoms with Gasteiger partial charge < -0.3 is 0 Å². The molecule has 0 aliphatic heterocycles. The molecule has 0 atom stereocenters. The highest BCUT2D eigenvalue weighted by atomic mass is 15.0. The lowest BCUT2D eigenvalue weighted by molar-refractivity contribution is 1.21. The van der Waals surface area contributed by atoms with E-state index in [2.05, 4.69) is 40.7 Å². The Kier molecular flexibility index (Phi) is 1.39. The largest absolute Gasteiger partial charge is 0.300 e. The Morgan fingerprint density at radius 3 is 2.93 bits per heavy atom. The fourth-order valence-corrected chi connectivity index (χ4v) is 1.77. The van der Waals surface area contributed by atoms with Crippen molar-refractivity contribution in [3.63, 3.8) is 0 Å². The van der Waals surface area contributed by atoms with E-state index in [1.807, 2.05) is 18.2 Å². The van der Waals surface area contributed by atoms with E-state index in [0.29, 0.717) is 0 Å². The van der Waals surface area contributed by atoms with Gasteiger partial charge in [-0.15, -0.1) is 0 Å². The van der Waals surface area contributed by atoms with Crippen LogP contribution in [0.5, 0.6) is 0 Å². The summed E-state index contributed by atoms with van der Waals surface area (Å²) in [5.41, 5.74) is 4.49. The quantitative estimate of drug-likeness (QED) is 0.522. The summed E-state index contributed by atoms with van der Waals surface area (Å²) < 4.78 is 2.11. The summed E-state index contributed by atoms with van der Waals surface area (Å²) in [4.78, 5) is 4.54. The molecule has 0 radical (unpaired) electrons. The van der Waals surface area contributed by atoms with Crippen LogP contribution in [0.4, 0.5) is 0 Å². The number of nitrogens with zero attached hydrogens (tertiary/aromatic N) is 2. The normalized spacial score (nSPS) is 11.2. The summed E-state index contributed by atoms with van der Waals surface area (Å²) in [6, 6.07) is 12.4. The topological polar surface area (TPSA) is 17.3 Å². The van der Waals surface area contributed by atoms with Crippen LogP contribution in [-0.2, 0) is 0 Å². The predicted octanol–water partition coefficient (Wildman–Crippen LogP) is 2.80. The minimum atomic E-state index is 1.02. The van der Waals surface area contributed by atoms with E-state index < -0.39 is 0 Å². The zero-order valence-electron chi connectivity index (χ0n) is 7.94. The second-order valence-electron chi connectivity index (χ2n) is 3.53. The smallest absolute Gasteiger partial charge is 0.138 e. The lowest BCUT2D eigenvalue weighted by Gasteiger charge is -1.95. The second kappa shape index (κ2) is 2.58. The van der Waals surface area contributed by atoms with Crippen molar-refractivity contribution in [3.8, 4) is 0 Å². The number of para-hydroxylation sites is 2. The molecule has 2 aromatic heterocycles. The standard InChI is InChI=1S/C12H10N2/c1-9-6-7-14-11-5-3-2-4-10(11)13-12(14)8-9/h2-8H,1H3. The van der Waals surface area contributed by atoms with Gasteiger partial charge in [0, 0.05) is 6.20 Å². The minimum absolute atomic E-state index is 1.02. The van der Waals surface area contributed by atoms with Crippen LogP contribution in [0.3, 0.4) is 0 Å². The number of imidazole rings is 1. The van der Waals surface area contributed by atoms with Crippen molar-refractivity contribution >= 4 is 16.7 Å². The number of fused-ring (bicyclic) bond motifs is 3. The van der Waals surface area contributed by atoms with Gasteiger partial charge in [-0.25, -0.2) is 4.98 Å². The average Bonchev–Trinajstić information content (AvgIpc) is 2.54. The molecule has 0 aliphatic rings. The fraction of sp³-hybridized carbons (Fsp3) is 0.0833. The van der Waals surface area contributed by atoms with E-state index in [4.69, 9.17) is 0 Å². The van der Waals surface area contributed by atoms with Gasteiger partial charge in [-0.3, -0.25) is 4.40 Å². The zero-order valence-corrected chi connectivity index (χ0v) is 7.94. The highest BCUT2D eigenvalue weighted by Gasteiger charge is 2.01. The van der Waals surface area contributed by atoms with Gasteiger partial charge in [0.1, 0.15) is 5.65 Å². The second-order valence-corrected chi connectivity index (χ2v) is 3.53. The monoisotopic (exact) mass is 182 g/mol. The van der Waals surface area contributed by atoms with Gasteiger partial charge in [-0.1, -0.05) is 12.1 Å². The molecule has 0 fully saturated rings. The van der Waals surface area contributed by atoms with Crippen molar-refractivity contribution in [1.82, 2.24) is 9.38 Å². The third kappa shape index (κ3) is 0.940. The molecule has 0 saturated carbocycles. The lowest BCUT2D eigenvalue weighted by Crippen LogP contribution is -1.83. The molecule has 0 N–H and O–H groups in total. The van der Waals surface area contributed by atoms with Gasteiger partial charge in [0.25, 0.3) is 0 Å². The predicted molar refractivity (Wildman–Crippen MR) is 57.4 cm³/mol. The minimum Gasteiger partial charge on any atom is -0.300 e. The van der Waals surface area contributed by atoms with Crippen LogP contribution in [0.1, 0.15) is 5.56 Å². The molecule has 0 bridgehead atoms. The van der Waals surface area contributed by atoms with Gasteiger partial charge in [0.2, 0.25) is 0 Å². The van der Waals surface area contributed by atoms with E-state index in [0.717, 1.165) is 11.2 Å². The molecule has 3 rings (SSSR count). The number of rotatable bonds is 0. The lowest BCUT2D eigenvalue weighted by atomic mass is 10.3. The van der Waals surface area contributed by atoms with Gasteiger partial charge in [-0.05, 0) is 36.8 Å². The van der Waals surface area contributed by atoms with Gasteiger partial charge in [-0.2, -0.15) is 0 Å². The molecule has 2 heteroatoms. The molecule has 2 heterocycles. The van der Waals surface area contributed by atoms with E-state index in [9.17, 15) is 0 Å².